The molecular formula is C18H22FNO4. The van der Waals surface area contributed by atoms with Gasteiger partial charge in [0.05, 0.1) is 27.4 Å². The van der Waals surface area contributed by atoms with E-state index in [1.807, 2.05) is 6.07 Å². The van der Waals surface area contributed by atoms with Gasteiger partial charge in [0.15, 0.2) is 11.5 Å². The Morgan fingerprint density at radius 3 is 2.12 bits per heavy atom. The molecule has 0 amide bonds. The van der Waals surface area contributed by atoms with Gasteiger partial charge in [0.2, 0.25) is 0 Å². The van der Waals surface area contributed by atoms with Crippen LogP contribution in [0.4, 0.5) is 4.39 Å². The molecule has 0 aliphatic heterocycles. The first-order valence-corrected chi connectivity index (χ1v) is 7.52. The molecule has 2 aromatic rings. The number of hydrogen-bond donors (Lipinski definition) is 2. The van der Waals surface area contributed by atoms with Crippen molar-refractivity contribution in [2.75, 3.05) is 27.9 Å². The van der Waals surface area contributed by atoms with Crippen LogP contribution < -0.4 is 19.5 Å². The Bertz CT molecular complexity index is 661. The van der Waals surface area contributed by atoms with Crippen LogP contribution in [0.25, 0.3) is 0 Å². The summed E-state index contributed by atoms with van der Waals surface area (Å²) in [5.41, 5.74) is 1.53. The minimum Gasteiger partial charge on any atom is -0.496 e. The second kappa shape index (κ2) is 8.52. The predicted octanol–water partition coefficient (Wildman–Crippen LogP) is 2.67. The lowest BCUT2D eigenvalue weighted by Crippen LogP contribution is -2.21. The zero-order valence-corrected chi connectivity index (χ0v) is 14.0. The summed E-state index contributed by atoms with van der Waals surface area (Å²) in [4.78, 5) is 0. The first-order valence-electron chi connectivity index (χ1n) is 7.52. The van der Waals surface area contributed by atoms with E-state index >= 15 is 0 Å². The lowest BCUT2D eigenvalue weighted by Gasteiger charge is -2.16. The highest BCUT2D eigenvalue weighted by atomic mass is 19.1. The van der Waals surface area contributed by atoms with Crippen molar-refractivity contribution in [2.45, 2.75) is 12.6 Å². The van der Waals surface area contributed by atoms with Gasteiger partial charge in [-0.3, -0.25) is 0 Å². The molecular weight excluding hydrogens is 313 g/mol. The van der Waals surface area contributed by atoms with Crippen LogP contribution in [0, 0.1) is 5.82 Å². The van der Waals surface area contributed by atoms with E-state index < -0.39 is 6.10 Å². The van der Waals surface area contributed by atoms with Gasteiger partial charge in [-0.1, -0.05) is 12.1 Å². The number of benzene rings is 2. The molecule has 0 heterocycles. The minimum atomic E-state index is -0.725. The number of hydrogen-bond acceptors (Lipinski definition) is 5. The van der Waals surface area contributed by atoms with Crippen molar-refractivity contribution >= 4 is 0 Å². The fourth-order valence-electron chi connectivity index (χ4n) is 2.38. The first kappa shape index (κ1) is 18.0. The Kier molecular flexibility index (Phi) is 6.40. The monoisotopic (exact) mass is 335 g/mol. The van der Waals surface area contributed by atoms with Gasteiger partial charge in [0.25, 0.3) is 0 Å². The molecule has 0 aliphatic rings. The Morgan fingerprint density at radius 1 is 0.958 bits per heavy atom. The number of methoxy groups -OCH3 is 3. The molecule has 2 aromatic carbocycles. The van der Waals surface area contributed by atoms with Gasteiger partial charge >= 0.3 is 0 Å². The molecule has 2 rings (SSSR count). The summed E-state index contributed by atoms with van der Waals surface area (Å²) >= 11 is 0. The average molecular weight is 335 g/mol. The van der Waals surface area contributed by atoms with E-state index in [1.165, 1.54) is 12.1 Å². The highest BCUT2D eigenvalue weighted by Gasteiger charge is 2.13. The lowest BCUT2D eigenvalue weighted by atomic mass is 10.1. The Labute approximate surface area is 141 Å². The van der Waals surface area contributed by atoms with Crippen molar-refractivity contribution < 1.29 is 23.7 Å². The number of halogens is 1. The van der Waals surface area contributed by atoms with Crippen LogP contribution in [0.2, 0.25) is 0 Å². The molecule has 0 saturated heterocycles. The third kappa shape index (κ3) is 4.37. The van der Waals surface area contributed by atoms with E-state index in [2.05, 4.69) is 5.32 Å². The van der Waals surface area contributed by atoms with Crippen LogP contribution in [-0.2, 0) is 6.54 Å². The van der Waals surface area contributed by atoms with Crippen molar-refractivity contribution in [2.24, 2.45) is 0 Å². The lowest BCUT2D eigenvalue weighted by molar-refractivity contribution is 0.174. The van der Waals surface area contributed by atoms with Crippen LogP contribution >= 0.6 is 0 Å². The van der Waals surface area contributed by atoms with Crippen LogP contribution in [0.3, 0.4) is 0 Å². The molecule has 0 bridgehead atoms. The quantitative estimate of drug-likeness (QED) is 0.777. The van der Waals surface area contributed by atoms with E-state index in [9.17, 15) is 9.50 Å². The highest BCUT2D eigenvalue weighted by Crippen LogP contribution is 2.34. The Balaban J connectivity index is 2.01. The number of aliphatic hydroxyl groups is 1. The van der Waals surface area contributed by atoms with Crippen molar-refractivity contribution in [3.63, 3.8) is 0 Å². The smallest absolute Gasteiger partial charge is 0.164 e. The zero-order valence-electron chi connectivity index (χ0n) is 14.0. The van der Waals surface area contributed by atoms with Crippen LogP contribution in [0.5, 0.6) is 17.2 Å². The maximum absolute atomic E-state index is 12.9. The number of ether oxygens (including phenoxy) is 3. The molecule has 24 heavy (non-hydrogen) atoms. The van der Waals surface area contributed by atoms with E-state index in [4.69, 9.17) is 14.2 Å². The molecule has 1 unspecified atom stereocenters. The summed E-state index contributed by atoms with van der Waals surface area (Å²) < 4.78 is 28.8. The Hall–Kier alpha value is -2.31. The predicted molar refractivity (Wildman–Crippen MR) is 89.2 cm³/mol. The van der Waals surface area contributed by atoms with Gasteiger partial charge in [-0.2, -0.15) is 0 Å². The Morgan fingerprint density at radius 2 is 1.54 bits per heavy atom. The molecule has 0 spiro atoms. The van der Waals surface area contributed by atoms with Crippen molar-refractivity contribution in [3.05, 3.63) is 53.3 Å². The average Bonchev–Trinajstić information content (AvgIpc) is 2.61. The molecule has 0 aliphatic carbocycles. The van der Waals surface area contributed by atoms with Gasteiger partial charge < -0.3 is 24.6 Å². The topological polar surface area (TPSA) is 60.0 Å². The van der Waals surface area contributed by atoms with Crippen LogP contribution in [-0.4, -0.2) is 33.0 Å². The highest BCUT2D eigenvalue weighted by molar-refractivity contribution is 5.50. The van der Waals surface area contributed by atoms with Crippen LogP contribution in [0.1, 0.15) is 17.2 Å². The third-order valence-corrected chi connectivity index (χ3v) is 3.69. The number of nitrogens with one attached hydrogen (secondary N) is 1. The molecule has 130 valence electrons. The fraction of sp³-hybridized carbons (Fsp3) is 0.333. The maximum Gasteiger partial charge on any atom is 0.164 e. The van der Waals surface area contributed by atoms with Gasteiger partial charge in [-0.25, -0.2) is 4.39 Å². The number of rotatable bonds is 8. The van der Waals surface area contributed by atoms with Crippen molar-refractivity contribution in [3.8, 4) is 17.2 Å². The summed E-state index contributed by atoms with van der Waals surface area (Å²) in [7, 11) is 4.71. The summed E-state index contributed by atoms with van der Waals surface area (Å²) in [6, 6.07) is 9.38. The summed E-state index contributed by atoms with van der Waals surface area (Å²) in [6.07, 6.45) is -0.725. The first-order chi connectivity index (χ1) is 11.6. The standard InChI is InChI=1S/C18H22FNO4/c1-22-16-9-18(24-3)17(23-2)8-13(16)10-20-11-15(21)12-4-6-14(19)7-5-12/h4-9,15,20-21H,10-11H2,1-3H3. The number of aliphatic hydroxyl groups excluding tert-OH is 1. The molecule has 0 aromatic heterocycles. The summed E-state index contributed by atoms with van der Waals surface area (Å²) in [6.45, 7) is 0.797. The van der Waals surface area contributed by atoms with Gasteiger partial charge in [-0.05, 0) is 23.8 Å². The second-order valence-electron chi connectivity index (χ2n) is 5.22. The van der Waals surface area contributed by atoms with E-state index in [-0.39, 0.29) is 5.82 Å². The van der Waals surface area contributed by atoms with Crippen LogP contribution in [0.15, 0.2) is 36.4 Å². The molecule has 1 atom stereocenters. The SMILES string of the molecule is COc1cc(OC)c(OC)cc1CNCC(O)c1ccc(F)cc1. The zero-order chi connectivity index (χ0) is 17.5. The van der Waals surface area contributed by atoms with E-state index in [0.717, 1.165) is 5.56 Å². The van der Waals surface area contributed by atoms with E-state index in [0.29, 0.717) is 35.9 Å². The summed E-state index contributed by atoms with van der Waals surface area (Å²) in [5.74, 6) is 1.53. The fourth-order valence-corrected chi connectivity index (χ4v) is 2.38. The normalized spacial score (nSPS) is 11.9. The molecule has 0 saturated carbocycles. The largest absolute Gasteiger partial charge is 0.496 e. The van der Waals surface area contributed by atoms with E-state index in [1.54, 1.807) is 39.5 Å². The van der Waals surface area contributed by atoms with Crippen molar-refractivity contribution in [1.29, 1.82) is 0 Å². The maximum atomic E-state index is 12.9. The van der Waals surface area contributed by atoms with Gasteiger partial charge in [0, 0.05) is 24.7 Å². The second-order valence-corrected chi connectivity index (χ2v) is 5.22. The molecule has 0 radical (unpaired) electrons. The minimum absolute atomic E-state index is 0.323. The molecule has 6 heteroatoms. The molecule has 5 nitrogen and oxygen atoms in total. The van der Waals surface area contributed by atoms with Gasteiger partial charge in [0.1, 0.15) is 11.6 Å². The van der Waals surface area contributed by atoms with Gasteiger partial charge in [-0.15, -0.1) is 0 Å². The molecule has 0 fully saturated rings. The molecule has 2 N–H and O–H groups in total. The summed E-state index contributed by atoms with van der Waals surface area (Å²) in [5, 5.41) is 13.3. The third-order valence-electron chi connectivity index (χ3n) is 3.69. The van der Waals surface area contributed by atoms with Crippen molar-refractivity contribution in [1.82, 2.24) is 5.32 Å².